The van der Waals surface area contributed by atoms with Crippen molar-refractivity contribution >= 4 is 28.6 Å². The van der Waals surface area contributed by atoms with Gasteiger partial charge in [0.25, 0.3) is 0 Å². The Hall–Kier alpha value is -1.06. The Bertz CT molecular complexity index is 433. The summed E-state index contributed by atoms with van der Waals surface area (Å²) in [5, 5.41) is 8.62. The fraction of sp³-hybridized carbons (Fsp3) is 0.250. The van der Waals surface area contributed by atoms with E-state index in [2.05, 4.69) is 9.72 Å². The molecular weight excluding hydrogens is 342 g/mol. The van der Waals surface area contributed by atoms with Crippen molar-refractivity contribution in [1.29, 1.82) is 0 Å². The first kappa shape index (κ1) is 13.0. The normalized spacial score (nSPS) is 11.3. The number of hydrogen-bond acceptors (Lipinski definition) is 3. The van der Waals surface area contributed by atoms with Crippen LogP contribution in [-0.4, -0.2) is 22.4 Å². The van der Waals surface area contributed by atoms with E-state index in [1.54, 1.807) is 22.6 Å². The number of rotatable bonds is 2. The largest absolute Gasteiger partial charge is 0.574 e. The monoisotopic (exact) mass is 347 g/mol. The highest BCUT2D eigenvalue weighted by Gasteiger charge is 2.33. The van der Waals surface area contributed by atoms with Crippen molar-refractivity contribution in [2.24, 2.45) is 0 Å². The summed E-state index contributed by atoms with van der Waals surface area (Å²) in [6, 6.07) is 1.17. The van der Waals surface area contributed by atoms with E-state index in [1.807, 2.05) is 0 Å². The third-order valence-corrected chi connectivity index (χ3v) is 2.72. The average Bonchev–Trinajstić information content (AvgIpc) is 2.10. The summed E-state index contributed by atoms with van der Waals surface area (Å²) in [4.78, 5) is 13.9. The highest BCUT2D eigenvalue weighted by molar-refractivity contribution is 14.1. The van der Waals surface area contributed by atoms with Gasteiger partial charge in [-0.3, -0.25) is 0 Å². The first-order valence-electron chi connectivity index (χ1n) is 3.87. The fourth-order valence-corrected chi connectivity index (χ4v) is 1.40. The zero-order chi connectivity index (χ0) is 12.5. The van der Waals surface area contributed by atoms with E-state index in [1.165, 1.54) is 13.0 Å². The quantitative estimate of drug-likeness (QED) is 0.836. The number of nitrogens with zero attached hydrogens (tertiary/aromatic N) is 1. The van der Waals surface area contributed by atoms with Gasteiger partial charge < -0.3 is 9.84 Å². The molecule has 0 fully saturated rings. The van der Waals surface area contributed by atoms with Crippen LogP contribution in [-0.2, 0) is 0 Å². The number of hydrogen-bond donors (Lipinski definition) is 1. The summed E-state index contributed by atoms with van der Waals surface area (Å²) < 4.78 is 39.9. The Morgan fingerprint density at radius 1 is 1.56 bits per heavy atom. The minimum absolute atomic E-state index is 0.142. The molecule has 0 aromatic carbocycles. The smallest absolute Gasteiger partial charge is 0.477 e. The Morgan fingerprint density at radius 2 is 2.12 bits per heavy atom. The number of ether oxygens (including phenoxy) is 1. The molecule has 0 amide bonds. The molecule has 0 atom stereocenters. The van der Waals surface area contributed by atoms with Crippen LogP contribution in [0.1, 0.15) is 16.1 Å². The third-order valence-electron chi connectivity index (χ3n) is 1.60. The molecule has 0 saturated carbocycles. The van der Waals surface area contributed by atoms with E-state index in [9.17, 15) is 18.0 Å². The van der Waals surface area contributed by atoms with Gasteiger partial charge in [-0.05, 0) is 35.6 Å². The van der Waals surface area contributed by atoms with Gasteiger partial charge in [-0.1, -0.05) is 0 Å². The van der Waals surface area contributed by atoms with E-state index in [0.29, 0.717) is 3.57 Å². The molecule has 0 aliphatic carbocycles. The topological polar surface area (TPSA) is 59.4 Å². The molecule has 0 saturated heterocycles. The molecule has 0 aliphatic heterocycles. The van der Waals surface area contributed by atoms with Crippen LogP contribution in [0.5, 0.6) is 5.88 Å². The minimum Gasteiger partial charge on any atom is -0.477 e. The first-order valence-corrected chi connectivity index (χ1v) is 4.95. The summed E-state index contributed by atoms with van der Waals surface area (Å²) in [5.41, 5.74) is -0.350. The standard InChI is InChI=1S/C8H5F3INO3/c1-3-4(12)2-5(7(14)15)13-6(3)16-8(9,10)11/h2H,1H3,(H,14,15). The van der Waals surface area contributed by atoms with Crippen molar-refractivity contribution in [3.8, 4) is 5.88 Å². The molecule has 4 nitrogen and oxygen atoms in total. The van der Waals surface area contributed by atoms with Crippen LogP contribution in [0.15, 0.2) is 6.07 Å². The van der Waals surface area contributed by atoms with Crippen LogP contribution in [0.25, 0.3) is 0 Å². The van der Waals surface area contributed by atoms with E-state index < -0.39 is 23.9 Å². The highest BCUT2D eigenvalue weighted by Crippen LogP contribution is 2.27. The molecule has 1 N–H and O–H groups in total. The van der Waals surface area contributed by atoms with E-state index in [-0.39, 0.29) is 5.56 Å². The number of carbonyl (C=O) groups is 1. The van der Waals surface area contributed by atoms with Gasteiger partial charge in [0.1, 0.15) is 0 Å². The highest BCUT2D eigenvalue weighted by atomic mass is 127. The van der Waals surface area contributed by atoms with Crippen molar-refractivity contribution in [2.45, 2.75) is 13.3 Å². The molecule has 16 heavy (non-hydrogen) atoms. The van der Waals surface area contributed by atoms with Gasteiger partial charge in [0.2, 0.25) is 5.88 Å². The summed E-state index contributed by atoms with van der Waals surface area (Å²) >= 11 is 1.71. The molecule has 8 heteroatoms. The Labute approximate surface area is 102 Å². The maximum Gasteiger partial charge on any atom is 0.574 e. The van der Waals surface area contributed by atoms with E-state index >= 15 is 0 Å². The number of carboxylic acids is 1. The van der Waals surface area contributed by atoms with Gasteiger partial charge >= 0.3 is 12.3 Å². The molecule has 0 spiro atoms. The molecule has 1 rings (SSSR count). The van der Waals surface area contributed by atoms with Gasteiger partial charge in [0.05, 0.1) is 0 Å². The van der Waals surface area contributed by atoms with E-state index in [0.717, 1.165) is 0 Å². The van der Waals surface area contributed by atoms with Crippen LogP contribution in [0.3, 0.4) is 0 Å². The minimum atomic E-state index is -4.89. The second kappa shape index (κ2) is 4.44. The second-order valence-corrected chi connectivity index (χ2v) is 3.93. The molecule has 88 valence electrons. The Kier molecular flexibility index (Phi) is 3.61. The average molecular weight is 347 g/mol. The number of alkyl halides is 3. The number of aromatic carboxylic acids is 1. The SMILES string of the molecule is Cc1c(I)cc(C(=O)O)nc1OC(F)(F)F. The van der Waals surface area contributed by atoms with Crippen molar-refractivity contribution < 1.29 is 27.8 Å². The van der Waals surface area contributed by atoms with Crippen LogP contribution in [0.2, 0.25) is 0 Å². The lowest BCUT2D eigenvalue weighted by Gasteiger charge is -2.11. The second-order valence-electron chi connectivity index (χ2n) is 2.77. The number of pyridine rings is 1. The zero-order valence-electron chi connectivity index (χ0n) is 7.80. The molecule has 0 aliphatic rings. The summed E-state index contributed by atoms with van der Waals surface area (Å²) in [6.45, 7) is 1.36. The van der Waals surface area contributed by atoms with Crippen LogP contribution >= 0.6 is 22.6 Å². The lowest BCUT2D eigenvalue weighted by molar-refractivity contribution is -0.276. The van der Waals surface area contributed by atoms with Gasteiger partial charge in [-0.25, -0.2) is 9.78 Å². The van der Waals surface area contributed by atoms with E-state index in [4.69, 9.17) is 5.11 Å². The predicted molar refractivity (Wildman–Crippen MR) is 55.3 cm³/mol. The van der Waals surface area contributed by atoms with Crippen molar-refractivity contribution in [3.63, 3.8) is 0 Å². The molecule has 0 unspecified atom stereocenters. The summed E-state index contributed by atoms with van der Waals surface area (Å²) in [6.07, 6.45) is -4.89. The van der Waals surface area contributed by atoms with Crippen LogP contribution in [0, 0.1) is 10.5 Å². The maximum atomic E-state index is 12.0. The van der Waals surface area contributed by atoms with Crippen molar-refractivity contribution in [2.75, 3.05) is 0 Å². The van der Waals surface area contributed by atoms with Crippen LogP contribution in [0.4, 0.5) is 13.2 Å². The third kappa shape index (κ3) is 3.22. The number of halogens is 4. The zero-order valence-corrected chi connectivity index (χ0v) is 9.96. The molecular formula is C8H5F3INO3. The van der Waals surface area contributed by atoms with Gasteiger partial charge in [0.15, 0.2) is 5.69 Å². The molecule has 0 bridgehead atoms. The van der Waals surface area contributed by atoms with Gasteiger partial charge in [-0.15, -0.1) is 13.2 Å². The lowest BCUT2D eigenvalue weighted by atomic mass is 10.2. The Balaban J connectivity index is 3.22. The molecule has 1 heterocycles. The number of carboxylic acid groups (broad SMARTS) is 1. The number of aromatic nitrogens is 1. The predicted octanol–water partition coefficient (Wildman–Crippen LogP) is 2.59. The molecule has 0 radical (unpaired) electrons. The van der Waals surface area contributed by atoms with Gasteiger partial charge in [0, 0.05) is 9.13 Å². The summed E-state index contributed by atoms with van der Waals surface area (Å²) in [7, 11) is 0. The first-order chi connectivity index (χ1) is 7.20. The Morgan fingerprint density at radius 3 is 2.56 bits per heavy atom. The maximum absolute atomic E-state index is 12.0. The molecule has 1 aromatic heterocycles. The van der Waals surface area contributed by atoms with Crippen molar-refractivity contribution in [3.05, 3.63) is 20.9 Å². The fourth-order valence-electron chi connectivity index (χ4n) is 0.875. The molecule has 1 aromatic rings. The summed E-state index contributed by atoms with van der Waals surface area (Å²) in [5.74, 6) is -2.15. The van der Waals surface area contributed by atoms with Crippen molar-refractivity contribution in [1.82, 2.24) is 4.98 Å². The van der Waals surface area contributed by atoms with Crippen LogP contribution < -0.4 is 4.74 Å². The van der Waals surface area contributed by atoms with Gasteiger partial charge in [-0.2, -0.15) is 0 Å². The lowest BCUT2D eigenvalue weighted by Crippen LogP contribution is -2.19.